The van der Waals surface area contributed by atoms with Crippen LogP contribution in [0.4, 0.5) is 14.5 Å². The van der Waals surface area contributed by atoms with Crippen molar-refractivity contribution in [1.82, 2.24) is 0 Å². The summed E-state index contributed by atoms with van der Waals surface area (Å²) >= 11 is 6.37. The Morgan fingerprint density at radius 2 is 1.46 bits per heavy atom. The number of hydrogen-bond acceptors (Lipinski definition) is 5. The third kappa shape index (κ3) is 2.72. The van der Waals surface area contributed by atoms with Crippen LogP contribution in [0.3, 0.4) is 0 Å². The van der Waals surface area contributed by atoms with Crippen LogP contribution in [0.25, 0.3) is 0 Å². The quantitative estimate of drug-likeness (QED) is 0.392. The Morgan fingerprint density at radius 3 is 2.09 bits per heavy atom. The fraction of sp³-hybridized carbons (Fsp3) is 0.154. The van der Waals surface area contributed by atoms with Crippen LogP contribution in [-0.2, 0) is 14.3 Å². The Kier molecular flexibility index (Phi) is 4.58. The van der Waals surface area contributed by atoms with Gasteiger partial charge in [0.25, 0.3) is 0 Å². The van der Waals surface area contributed by atoms with Crippen LogP contribution in [-0.4, -0.2) is 29.0 Å². The van der Waals surface area contributed by atoms with E-state index in [0.717, 1.165) is 12.1 Å². The molecule has 0 unspecified atom stereocenters. The molecule has 3 aromatic rings. The highest BCUT2D eigenvalue weighted by molar-refractivity contribution is 6.37. The van der Waals surface area contributed by atoms with E-state index in [1.54, 1.807) is 36.4 Å². The molecule has 3 aromatic carbocycles. The number of ketones is 2. The number of ether oxygens (including phenoxy) is 1. The van der Waals surface area contributed by atoms with Gasteiger partial charge in [-0.3, -0.25) is 19.2 Å². The summed E-state index contributed by atoms with van der Waals surface area (Å²) in [7, 11) is 0. The second kappa shape index (κ2) is 7.37. The lowest BCUT2D eigenvalue weighted by Crippen LogP contribution is -2.51. The molecule has 2 fully saturated rings. The highest BCUT2D eigenvalue weighted by atomic mass is 35.5. The van der Waals surface area contributed by atoms with Gasteiger partial charge >= 0.3 is 0 Å². The van der Waals surface area contributed by atoms with Gasteiger partial charge < -0.3 is 4.74 Å². The third-order valence-corrected chi connectivity index (χ3v) is 7.23. The number of anilines is 1. The topological polar surface area (TPSA) is 80.8 Å². The largest absolute Gasteiger partial charge is 0.349 e. The van der Waals surface area contributed by atoms with E-state index < -0.39 is 64.2 Å². The van der Waals surface area contributed by atoms with Crippen molar-refractivity contribution in [2.24, 2.45) is 11.8 Å². The monoisotopic (exact) mass is 493 g/mol. The third-order valence-electron chi connectivity index (χ3n) is 6.88. The van der Waals surface area contributed by atoms with E-state index in [4.69, 9.17) is 16.3 Å². The van der Waals surface area contributed by atoms with Gasteiger partial charge in [-0.25, -0.2) is 13.7 Å². The van der Waals surface area contributed by atoms with Crippen LogP contribution in [0.15, 0.2) is 66.7 Å². The summed E-state index contributed by atoms with van der Waals surface area (Å²) in [4.78, 5) is 55.3. The number of halogens is 3. The first-order chi connectivity index (χ1) is 16.8. The normalized spacial score (nSPS) is 24.4. The summed E-state index contributed by atoms with van der Waals surface area (Å²) in [6.07, 6.45) is -1.24. The number of fused-ring (bicyclic) bond motifs is 3. The van der Waals surface area contributed by atoms with Crippen molar-refractivity contribution >= 4 is 40.7 Å². The standard InChI is InChI=1S/C26H14ClF2NO5/c27-16-8-4-3-7-15(16)21-19-20(25(34)30(24(19)33)18-10-9-12(28)11-17(18)29)26(35-21)22(31)13-5-1-2-6-14(13)23(26)32/h1-11,19-21H/t19-,20-,21-/m1/s1. The summed E-state index contributed by atoms with van der Waals surface area (Å²) in [6, 6.07) is 14.9. The molecule has 2 aliphatic heterocycles. The predicted molar refractivity (Wildman–Crippen MR) is 119 cm³/mol. The Bertz CT molecular complexity index is 1450. The molecule has 3 aliphatic rings. The number of rotatable bonds is 2. The summed E-state index contributed by atoms with van der Waals surface area (Å²) < 4.78 is 34.3. The molecule has 6 rings (SSSR count). The van der Waals surface area contributed by atoms with Crippen LogP contribution in [0.1, 0.15) is 32.4 Å². The molecule has 0 aromatic heterocycles. The molecular weight excluding hydrogens is 480 g/mol. The number of carbonyl (C=O) groups excluding carboxylic acids is 4. The summed E-state index contributed by atoms with van der Waals surface area (Å²) in [5.41, 5.74) is -2.33. The molecular formula is C26H14ClF2NO5. The first kappa shape index (κ1) is 21.8. The van der Waals surface area contributed by atoms with E-state index in [0.29, 0.717) is 16.5 Å². The molecule has 2 amide bonds. The number of amides is 2. The average Bonchev–Trinajstić information content (AvgIpc) is 3.40. The number of hydrogen-bond donors (Lipinski definition) is 0. The second-order valence-electron chi connectivity index (χ2n) is 8.61. The lowest BCUT2D eigenvalue weighted by molar-refractivity contribution is -0.127. The molecule has 35 heavy (non-hydrogen) atoms. The zero-order chi connectivity index (χ0) is 24.6. The molecule has 0 N–H and O–H groups in total. The molecule has 3 atom stereocenters. The minimum atomic E-state index is -2.31. The van der Waals surface area contributed by atoms with Gasteiger partial charge in [0, 0.05) is 27.8 Å². The summed E-state index contributed by atoms with van der Waals surface area (Å²) in [5, 5.41) is 0.204. The molecule has 0 bridgehead atoms. The lowest BCUT2D eigenvalue weighted by atomic mass is 9.77. The Labute approximate surface area is 202 Å². The Morgan fingerprint density at radius 1 is 0.829 bits per heavy atom. The fourth-order valence-corrected chi connectivity index (χ4v) is 5.65. The van der Waals surface area contributed by atoms with Crippen molar-refractivity contribution < 1.29 is 32.7 Å². The van der Waals surface area contributed by atoms with Gasteiger partial charge in [-0.15, -0.1) is 0 Å². The van der Waals surface area contributed by atoms with Crippen LogP contribution in [0, 0.1) is 23.5 Å². The van der Waals surface area contributed by atoms with Crippen LogP contribution < -0.4 is 4.90 Å². The van der Waals surface area contributed by atoms with Gasteiger partial charge in [0.05, 0.1) is 23.6 Å². The average molecular weight is 494 g/mol. The van der Waals surface area contributed by atoms with Crippen molar-refractivity contribution in [3.05, 3.63) is 100 Å². The fourth-order valence-electron chi connectivity index (χ4n) is 5.41. The predicted octanol–water partition coefficient (Wildman–Crippen LogP) is 4.31. The van der Waals surface area contributed by atoms with E-state index in [9.17, 15) is 28.0 Å². The smallest absolute Gasteiger partial charge is 0.241 e. The molecule has 0 saturated carbocycles. The van der Waals surface area contributed by atoms with Crippen LogP contribution in [0.5, 0.6) is 0 Å². The summed E-state index contributed by atoms with van der Waals surface area (Å²) in [6.45, 7) is 0. The van der Waals surface area contributed by atoms with Crippen molar-refractivity contribution in [3.63, 3.8) is 0 Å². The van der Waals surface area contributed by atoms with Crippen LogP contribution in [0.2, 0.25) is 5.02 Å². The van der Waals surface area contributed by atoms with Gasteiger partial charge in [-0.05, 0) is 18.2 Å². The van der Waals surface area contributed by atoms with Gasteiger partial charge in [0.2, 0.25) is 29.0 Å². The van der Waals surface area contributed by atoms with Gasteiger partial charge in [-0.1, -0.05) is 54.1 Å². The Hall–Kier alpha value is -3.75. The zero-order valence-corrected chi connectivity index (χ0v) is 18.5. The van der Waals surface area contributed by atoms with E-state index >= 15 is 0 Å². The highest BCUT2D eigenvalue weighted by Crippen LogP contribution is 2.58. The Balaban J connectivity index is 1.57. The number of benzene rings is 3. The van der Waals surface area contributed by atoms with E-state index in [1.807, 2.05) is 0 Å². The van der Waals surface area contributed by atoms with E-state index in [-0.39, 0.29) is 16.1 Å². The maximum Gasteiger partial charge on any atom is 0.241 e. The first-order valence-corrected chi connectivity index (χ1v) is 11.1. The zero-order valence-electron chi connectivity index (χ0n) is 17.7. The first-order valence-electron chi connectivity index (χ1n) is 10.7. The van der Waals surface area contributed by atoms with Gasteiger partial charge in [0.1, 0.15) is 11.6 Å². The molecule has 174 valence electrons. The van der Waals surface area contributed by atoms with Crippen LogP contribution >= 0.6 is 11.6 Å². The molecule has 1 spiro atoms. The van der Waals surface area contributed by atoms with E-state index in [1.165, 1.54) is 12.1 Å². The SMILES string of the molecule is O=C1[C@H]2[C@@H](c3ccccc3Cl)OC3(C(=O)c4ccccc4C3=O)[C@H]2C(=O)N1c1ccc(F)cc1F. The molecule has 1 aliphatic carbocycles. The molecule has 0 radical (unpaired) electrons. The highest BCUT2D eigenvalue weighted by Gasteiger charge is 2.75. The molecule has 2 heterocycles. The van der Waals surface area contributed by atoms with Gasteiger partial charge in [0.15, 0.2) is 0 Å². The maximum absolute atomic E-state index is 14.7. The van der Waals surface area contributed by atoms with Gasteiger partial charge in [-0.2, -0.15) is 0 Å². The van der Waals surface area contributed by atoms with Crippen molar-refractivity contribution in [1.29, 1.82) is 0 Å². The minimum absolute atomic E-state index is 0.0720. The van der Waals surface area contributed by atoms with Crippen molar-refractivity contribution in [2.45, 2.75) is 11.7 Å². The summed E-state index contributed by atoms with van der Waals surface area (Å²) in [5.74, 6) is -8.27. The lowest BCUT2D eigenvalue weighted by Gasteiger charge is -2.27. The number of nitrogens with zero attached hydrogens (tertiary/aromatic N) is 1. The minimum Gasteiger partial charge on any atom is -0.349 e. The van der Waals surface area contributed by atoms with Crippen molar-refractivity contribution in [3.8, 4) is 0 Å². The molecule has 2 saturated heterocycles. The molecule has 9 heteroatoms. The maximum atomic E-state index is 14.7. The number of imide groups is 1. The van der Waals surface area contributed by atoms with Crippen molar-refractivity contribution in [2.75, 3.05) is 4.90 Å². The molecule has 6 nitrogen and oxygen atoms in total. The number of Topliss-reactive ketones (excluding diaryl/α,β-unsaturated/α-hetero) is 2. The number of carbonyl (C=O) groups is 4. The second-order valence-corrected chi connectivity index (χ2v) is 9.02. The van der Waals surface area contributed by atoms with E-state index in [2.05, 4.69) is 0 Å².